The standard InChI is InChI=1S/C8H8NO3.Y/c1-5-6(10)3-4-12-7(5)8(11)9-2;/h3-4H,2H2,1H3,(H,9,11);/q-1;. The van der Waals surface area contributed by atoms with Crippen LogP contribution in [-0.4, -0.2) is 5.91 Å². The molecule has 1 rings (SSSR count). The molecular formula is C8H8NO3Y-. The van der Waals surface area contributed by atoms with Crippen LogP contribution in [0.5, 0.6) is 0 Å². The third-order valence-corrected chi connectivity index (χ3v) is 1.48. The summed E-state index contributed by atoms with van der Waals surface area (Å²) in [4.78, 5) is 22.0. The van der Waals surface area contributed by atoms with E-state index in [1.54, 1.807) is 0 Å². The number of carbonyl (C=O) groups excluding carboxylic acids is 1. The molecule has 0 aliphatic rings. The first-order valence-electron chi connectivity index (χ1n) is 3.32. The van der Waals surface area contributed by atoms with E-state index in [0.717, 1.165) is 0 Å². The molecule has 0 saturated heterocycles. The second-order valence-electron chi connectivity index (χ2n) is 2.24. The summed E-state index contributed by atoms with van der Waals surface area (Å²) in [5.41, 5.74) is 0.0681. The Labute approximate surface area is 101 Å². The molecule has 4 nitrogen and oxygen atoms in total. The van der Waals surface area contributed by atoms with Gasteiger partial charge in [0.05, 0.1) is 6.26 Å². The minimum Gasteiger partial charge on any atom is -0.502 e. The first-order chi connectivity index (χ1) is 5.66. The van der Waals surface area contributed by atoms with Gasteiger partial charge in [-0.15, -0.1) is 0 Å². The van der Waals surface area contributed by atoms with Crippen molar-refractivity contribution in [2.45, 2.75) is 6.92 Å². The van der Waals surface area contributed by atoms with Crippen molar-refractivity contribution in [3.8, 4) is 0 Å². The molecular weight excluding hydrogens is 247 g/mol. The van der Waals surface area contributed by atoms with E-state index in [9.17, 15) is 9.59 Å². The fraction of sp³-hybridized carbons (Fsp3) is 0.125. The van der Waals surface area contributed by atoms with Crippen LogP contribution in [0.1, 0.15) is 16.1 Å². The molecule has 13 heavy (non-hydrogen) atoms. The average molecular weight is 255 g/mol. The summed E-state index contributed by atoms with van der Waals surface area (Å²) in [5.74, 6) is -0.484. The molecule has 0 atom stereocenters. The summed E-state index contributed by atoms with van der Waals surface area (Å²) in [6.07, 6.45) is 1.18. The fourth-order valence-electron chi connectivity index (χ4n) is 0.793. The molecule has 0 spiro atoms. The van der Waals surface area contributed by atoms with Crippen molar-refractivity contribution in [3.63, 3.8) is 0 Å². The Hall–Kier alpha value is -0.476. The third kappa shape index (κ3) is 2.74. The van der Waals surface area contributed by atoms with E-state index >= 15 is 0 Å². The molecule has 5 heteroatoms. The van der Waals surface area contributed by atoms with Crippen molar-refractivity contribution < 1.29 is 41.9 Å². The molecule has 1 aromatic heterocycles. The largest absolute Gasteiger partial charge is 0.502 e. The van der Waals surface area contributed by atoms with E-state index in [4.69, 9.17) is 4.42 Å². The molecule has 0 fully saturated rings. The third-order valence-electron chi connectivity index (χ3n) is 1.48. The smallest absolute Gasteiger partial charge is 0.258 e. The number of hydrogen-bond donors (Lipinski definition) is 1. The first-order valence-corrected chi connectivity index (χ1v) is 3.32. The molecule has 0 aliphatic carbocycles. The van der Waals surface area contributed by atoms with E-state index in [1.165, 1.54) is 19.3 Å². The predicted molar refractivity (Wildman–Crippen MR) is 42.5 cm³/mol. The second-order valence-corrected chi connectivity index (χ2v) is 2.24. The number of amides is 1. The van der Waals surface area contributed by atoms with Gasteiger partial charge in [-0.3, -0.25) is 16.6 Å². The zero-order valence-electron chi connectivity index (χ0n) is 7.16. The number of rotatable bonds is 1. The van der Waals surface area contributed by atoms with Crippen molar-refractivity contribution in [1.29, 1.82) is 0 Å². The van der Waals surface area contributed by atoms with Crippen LogP contribution in [-0.2, 0) is 32.7 Å². The molecule has 1 radical (unpaired) electrons. The van der Waals surface area contributed by atoms with Crippen molar-refractivity contribution in [2.24, 2.45) is 0 Å². The van der Waals surface area contributed by atoms with Gasteiger partial charge in [-0.05, 0) is 6.92 Å². The van der Waals surface area contributed by atoms with Crippen molar-refractivity contribution in [2.75, 3.05) is 0 Å². The monoisotopic (exact) mass is 255 g/mol. The molecule has 0 aromatic carbocycles. The van der Waals surface area contributed by atoms with Gasteiger partial charge in [-0.25, -0.2) is 0 Å². The number of hydrogen-bond acceptors (Lipinski definition) is 3. The van der Waals surface area contributed by atoms with Gasteiger partial charge in [0, 0.05) is 44.3 Å². The normalized spacial score (nSPS) is 8.77. The Morgan fingerprint density at radius 1 is 1.62 bits per heavy atom. The van der Waals surface area contributed by atoms with Gasteiger partial charge in [-0.1, -0.05) is 0 Å². The quantitative estimate of drug-likeness (QED) is 0.742. The van der Waals surface area contributed by atoms with Crippen LogP contribution in [0.25, 0.3) is 0 Å². The zero-order valence-corrected chi connectivity index (χ0v) is 10.0. The predicted octanol–water partition coefficient (Wildman–Crippen LogP) is 0.467. The SMILES string of the molecule is [CH2-]NC(=O)c1occc(=O)c1C.[Y]. The fourth-order valence-corrected chi connectivity index (χ4v) is 0.793. The van der Waals surface area contributed by atoms with E-state index in [0.29, 0.717) is 5.56 Å². The summed E-state index contributed by atoms with van der Waals surface area (Å²) in [5, 5.41) is 2.13. The molecule has 0 unspecified atom stereocenters. The maximum atomic E-state index is 11.0. The number of carbonyl (C=O) groups is 1. The van der Waals surface area contributed by atoms with Crippen LogP contribution >= 0.6 is 0 Å². The molecule has 67 valence electrons. The summed E-state index contributed by atoms with van der Waals surface area (Å²) < 4.78 is 4.84. The molecule has 0 bridgehead atoms. The van der Waals surface area contributed by atoms with Crippen LogP contribution in [0.4, 0.5) is 0 Å². The Bertz CT molecular complexity index is 359. The minimum absolute atomic E-state index is 0. The number of nitrogens with one attached hydrogen (secondary N) is 1. The van der Waals surface area contributed by atoms with Gasteiger partial charge in [0.25, 0.3) is 5.91 Å². The van der Waals surface area contributed by atoms with E-state index in [-0.39, 0.29) is 43.9 Å². The molecule has 0 aliphatic heterocycles. The Morgan fingerprint density at radius 2 is 2.23 bits per heavy atom. The second kappa shape index (κ2) is 5.30. The van der Waals surface area contributed by atoms with Gasteiger partial charge >= 0.3 is 0 Å². The molecule has 1 N–H and O–H groups in total. The Morgan fingerprint density at radius 3 is 2.77 bits per heavy atom. The topological polar surface area (TPSA) is 59.3 Å². The van der Waals surface area contributed by atoms with Gasteiger partial charge in [-0.2, -0.15) is 0 Å². The Balaban J connectivity index is 0.00000144. The molecule has 1 heterocycles. The van der Waals surface area contributed by atoms with Crippen LogP contribution in [0.15, 0.2) is 21.5 Å². The molecule has 1 aromatic rings. The van der Waals surface area contributed by atoms with Gasteiger partial charge in [0.1, 0.15) is 0 Å². The zero-order chi connectivity index (χ0) is 9.14. The molecule has 1 amide bonds. The van der Waals surface area contributed by atoms with E-state index in [1.807, 2.05) is 0 Å². The van der Waals surface area contributed by atoms with Crippen molar-refractivity contribution in [3.05, 3.63) is 40.9 Å². The average Bonchev–Trinajstić information content (AvgIpc) is 2.08. The van der Waals surface area contributed by atoms with Crippen LogP contribution in [0.2, 0.25) is 0 Å². The van der Waals surface area contributed by atoms with Gasteiger partial charge in [0.2, 0.25) is 0 Å². The summed E-state index contributed by atoms with van der Waals surface area (Å²) in [7, 11) is 3.17. The van der Waals surface area contributed by atoms with Gasteiger partial charge in [0.15, 0.2) is 11.2 Å². The summed E-state index contributed by atoms with van der Waals surface area (Å²) in [6, 6.07) is 1.26. The maximum Gasteiger partial charge on any atom is 0.258 e. The van der Waals surface area contributed by atoms with Crippen LogP contribution in [0.3, 0.4) is 0 Å². The summed E-state index contributed by atoms with van der Waals surface area (Å²) >= 11 is 0. The van der Waals surface area contributed by atoms with E-state index < -0.39 is 5.91 Å². The van der Waals surface area contributed by atoms with Crippen LogP contribution < -0.4 is 10.7 Å². The van der Waals surface area contributed by atoms with Crippen molar-refractivity contribution in [1.82, 2.24) is 5.32 Å². The van der Waals surface area contributed by atoms with Crippen LogP contribution in [0, 0.1) is 14.0 Å². The maximum absolute atomic E-state index is 11.0. The Kier molecular flexibility index (Phi) is 5.10. The summed E-state index contributed by atoms with van der Waals surface area (Å²) in [6.45, 7) is 1.52. The van der Waals surface area contributed by atoms with E-state index in [2.05, 4.69) is 12.4 Å². The molecule has 0 saturated carbocycles. The first kappa shape index (κ1) is 12.5. The van der Waals surface area contributed by atoms with Crippen molar-refractivity contribution >= 4 is 5.91 Å². The minimum atomic E-state index is -0.495. The van der Waals surface area contributed by atoms with Gasteiger partial charge < -0.3 is 9.73 Å².